The molecule has 0 fully saturated rings. The van der Waals surface area contributed by atoms with Crippen molar-refractivity contribution in [2.45, 2.75) is 6.92 Å². The van der Waals surface area contributed by atoms with E-state index in [-0.39, 0.29) is 5.91 Å². The van der Waals surface area contributed by atoms with E-state index in [2.05, 4.69) is 20.5 Å². The van der Waals surface area contributed by atoms with Crippen LogP contribution in [0.2, 0.25) is 0 Å². The van der Waals surface area contributed by atoms with Gasteiger partial charge in [0.2, 0.25) is 0 Å². The zero-order valence-electron chi connectivity index (χ0n) is 8.48. The number of H-pyrrole nitrogens is 1. The smallest absolute Gasteiger partial charge is 0.292 e. The van der Waals surface area contributed by atoms with Gasteiger partial charge in [-0.15, -0.1) is 0 Å². The number of aromatic amines is 1. The van der Waals surface area contributed by atoms with E-state index in [1.807, 2.05) is 6.92 Å². The third-order valence-corrected chi connectivity index (χ3v) is 1.97. The Balaban J connectivity index is 2.14. The van der Waals surface area contributed by atoms with Crippen molar-refractivity contribution in [2.24, 2.45) is 7.05 Å². The van der Waals surface area contributed by atoms with Crippen LogP contribution in [0.4, 0.5) is 5.82 Å². The maximum Gasteiger partial charge on any atom is 0.292 e. The van der Waals surface area contributed by atoms with Gasteiger partial charge in [-0.25, -0.2) is 4.98 Å². The zero-order chi connectivity index (χ0) is 10.8. The molecule has 2 aromatic rings. The van der Waals surface area contributed by atoms with Crippen LogP contribution in [0.1, 0.15) is 16.3 Å². The third-order valence-electron chi connectivity index (χ3n) is 1.97. The lowest BCUT2D eigenvalue weighted by Gasteiger charge is -2.00. The molecule has 0 saturated heterocycles. The van der Waals surface area contributed by atoms with E-state index in [1.54, 1.807) is 30.1 Å². The highest BCUT2D eigenvalue weighted by atomic mass is 16.2. The van der Waals surface area contributed by atoms with Crippen molar-refractivity contribution in [1.82, 2.24) is 19.7 Å². The summed E-state index contributed by atoms with van der Waals surface area (Å²) < 4.78 is 1.65. The summed E-state index contributed by atoms with van der Waals surface area (Å²) in [6.07, 6.45) is 3.29. The van der Waals surface area contributed by atoms with Crippen LogP contribution < -0.4 is 5.32 Å². The molecule has 2 rings (SSSR count). The number of imidazole rings is 1. The molecule has 0 radical (unpaired) electrons. The van der Waals surface area contributed by atoms with E-state index in [0.29, 0.717) is 11.6 Å². The number of amides is 1. The zero-order valence-corrected chi connectivity index (χ0v) is 8.48. The fraction of sp³-hybridized carbons (Fsp3) is 0.222. The first-order valence-electron chi connectivity index (χ1n) is 4.47. The monoisotopic (exact) mass is 205 g/mol. The van der Waals surface area contributed by atoms with E-state index in [4.69, 9.17) is 0 Å². The third kappa shape index (κ3) is 1.88. The first-order chi connectivity index (χ1) is 7.16. The van der Waals surface area contributed by atoms with Crippen LogP contribution in [0.25, 0.3) is 0 Å². The molecule has 15 heavy (non-hydrogen) atoms. The SMILES string of the molecule is Cc1cc(NC(=O)c2nccn2C)n[nH]1. The number of nitrogens with zero attached hydrogens (tertiary/aromatic N) is 3. The highest BCUT2D eigenvalue weighted by Gasteiger charge is 2.11. The van der Waals surface area contributed by atoms with Gasteiger partial charge in [0, 0.05) is 31.2 Å². The van der Waals surface area contributed by atoms with E-state index < -0.39 is 0 Å². The van der Waals surface area contributed by atoms with Gasteiger partial charge in [0.05, 0.1) is 0 Å². The molecule has 1 amide bonds. The molecule has 0 aliphatic heterocycles. The van der Waals surface area contributed by atoms with Crippen LogP contribution in [-0.4, -0.2) is 25.7 Å². The molecular formula is C9H11N5O. The predicted octanol–water partition coefficient (Wildman–Crippen LogP) is 0.704. The summed E-state index contributed by atoms with van der Waals surface area (Å²) in [6.45, 7) is 1.86. The molecule has 0 aliphatic rings. The molecule has 0 unspecified atom stereocenters. The van der Waals surface area contributed by atoms with Crippen LogP contribution in [0.15, 0.2) is 18.5 Å². The lowest BCUT2D eigenvalue weighted by molar-refractivity contribution is 0.101. The van der Waals surface area contributed by atoms with Crippen LogP contribution >= 0.6 is 0 Å². The molecule has 6 heteroatoms. The fourth-order valence-electron chi connectivity index (χ4n) is 1.24. The lowest BCUT2D eigenvalue weighted by atomic mass is 10.4. The second kappa shape index (κ2) is 3.56. The van der Waals surface area contributed by atoms with Crippen LogP contribution in [0.3, 0.4) is 0 Å². The Bertz CT molecular complexity index is 484. The maximum atomic E-state index is 11.7. The van der Waals surface area contributed by atoms with Crippen molar-refractivity contribution in [3.63, 3.8) is 0 Å². The predicted molar refractivity (Wildman–Crippen MR) is 54.5 cm³/mol. The lowest BCUT2D eigenvalue weighted by Crippen LogP contribution is -2.16. The van der Waals surface area contributed by atoms with Gasteiger partial charge in [-0.3, -0.25) is 9.89 Å². The van der Waals surface area contributed by atoms with Gasteiger partial charge in [0.25, 0.3) is 5.91 Å². The Morgan fingerprint density at radius 3 is 2.93 bits per heavy atom. The van der Waals surface area contributed by atoms with Crippen molar-refractivity contribution in [1.29, 1.82) is 0 Å². The van der Waals surface area contributed by atoms with Gasteiger partial charge in [-0.1, -0.05) is 0 Å². The summed E-state index contributed by atoms with van der Waals surface area (Å²) >= 11 is 0. The van der Waals surface area contributed by atoms with Gasteiger partial charge >= 0.3 is 0 Å². The highest BCUT2D eigenvalue weighted by Crippen LogP contribution is 2.05. The number of carbonyl (C=O) groups excluding carboxylic acids is 1. The number of aromatic nitrogens is 4. The van der Waals surface area contributed by atoms with Crippen molar-refractivity contribution in [3.05, 3.63) is 30.0 Å². The van der Waals surface area contributed by atoms with Crippen molar-refractivity contribution in [3.8, 4) is 0 Å². The Hall–Kier alpha value is -2.11. The summed E-state index contributed by atoms with van der Waals surface area (Å²) in [4.78, 5) is 15.6. The van der Waals surface area contributed by atoms with Gasteiger partial charge in [-0.2, -0.15) is 5.10 Å². The number of hydrogen-bond donors (Lipinski definition) is 2. The minimum atomic E-state index is -0.269. The Morgan fingerprint density at radius 2 is 2.40 bits per heavy atom. The second-order valence-corrected chi connectivity index (χ2v) is 3.25. The first-order valence-corrected chi connectivity index (χ1v) is 4.47. The largest absolute Gasteiger partial charge is 0.330 e. The number of nitrogens with one attached hydrogen (secondary N) is 2. The Labute approximate surface area is 86.3 Å². The quantitative estimate of drug-likeness (QED) is 0.757. The first kappa shape index (κ1) is 9.45. The maximum absolute atomic E-state index is 11.7. The number of anilines is 1. The molecule has 2 N–H and O–H groups in total. The molecule has 0 aromatic carbocycles. The van der Waals surface area contributed by atoms with Gasteiger partial charge in [0.1, 0.15) is 0 Å². The number of hydrogen-bond acceptors (Lipinski definition) is 3. The minimum Gasteiger partial charge on any atom is -0.330 e. The van der Waals surface area contributed by atoms with E-state index in [1.165, 1.54) is 0 Å². The molecule has 6 nitrogen and oxygen atoms in total. The summed E-state index contributed by atoms with van der Waals surface area (Å²) in [7, 11) is 1.76. The Kier molecular flexibility index (Phi) is 2.24. The summed E-state index contributed by atoms with van der Waals surface area (Å²) in [6, 6.07) is 1.75. The molecule has 0 bridgehead atoms. The minimum absolute atomic E-state index is 0.269. The molecule has 2 heterocycles. The summed E-state index contributed by atoms with van der Waals surface area (Å²) in [5, 5.41) is 9.28. The van der Waals surface area contributed by atoms with Gasteiger partial charge < -0.3 is 9.88 Å². The van der Waals surface area contributed by atoms with Crippen LogP contribution in [-0.2, 0) is 7.05 Å². The normalized spacial score (nSPS) is 10.3. The highest BCUT2D eigenvalue weighted by molar-refractivity contribution is 6.01. The molecule has 0 aliphatic carbocycles. The average Bonchev–Trinajstić information content (AvgIpc) is 2.75. The molecule has 0 spiro atoms. The van der Waals surface area contributed by atoms with Crippen LogP contribution in [0.5, 0.6) is 0 Å². The number of carbonyl (C=O) groups is 1. The molecule has 0 atom stereocenters. The molecular weight excluding hydrogens is 194 g/mol. The van der Waals surface area contributed by atoms with Crippen molar-refractivity contribution >= 4 is 11.7 Å². The number of rotatable bonds is 2. The van der Waals surface area contributed by atoms with Gasteiger partial charge in [0.15, 0.2) is 11.6 Å². The molecule has 0 saturated carbocycles. The van der Waals surface area contributed by atoms with E-state index >= 15 is 0 Å². The van der Waals surface area contributed by atoms with Gasteiger partial charge in [-0.05, 0) is 6.92 Å². The van der Waals surface area contributed by atoms with E-state index in [9.17, 15) is 4.79 Å². The fourth-order valence-corrected chi connectivity index (χ4v) is 1.24. The topological polar surface area (TPSA) is 75.6 Å². The molecule has 78 valence electrons. The summed E-state index contributed by atoms with van der Waals surface area (Å²) in [5.74, 6) is 0.588. The van der Waals surface area contributed by atoms with Crippen molar-refractivity contribution < 1.29 is 4.79 Å². The number of aryl methyl sites for hydroxylation is 2. The molecule has 2 aromatic heterocycles. The average molecular weight is 205 g/mol. The second-order valence-electron chi connectivity index (χ2n) is 3.25. The standard InChI is InChI=1S/C9H11N5O/c1-6-5-7(13-12-6)11-9(15)8-10-3-4-14(8)2/h3-5H,1-2H3,(H2,11,12,13,15). The summed E-state index contributed by atoms with van der Waals surface area (Å²) in [5.41, 5.74) is 0.894. The van der Waals surface area contributed by atoms with Crippen LogP contribution in [0, 0.1) is 6.92 Å². The van der Waals surface area contributed by atoms with E-state index in [0.717, 1.165) is 5.69 Å². The Morgan fingerprint density at radius 1 is 1.60 bits per heavy atom. The van der Waals surface area contributed by atoms with Crippen molar-refractivity contribution in [2.75, 3.05) is 5.32 Å².